The molecule has 1 saturated carbocycles. The standard InChI is InChI=1S/C8H14N2O2/c9-6-1-2-8(3-6)4-10(5-8)7(11)12/h6H,1-5,9H2,(H,11,12). The molecule has 2 rings (SSSR count). The van der Waals surface area contributed by atoms with E-state index >= 15 is 0 Å². The summed E-state index contributed by atoms with van der Waals surface area (Å²) >= 11 is 0. The minimum atomic E-state index is -0.791. The van der Waals surface area contributed by atoms with Crippen molar-refractivity contribution in [2.24, 2.45) is 11.1 Å². The fraction of sp³-hybridized carbons (Fsp3) is 0.875. The molecule has 3 N–H and O–H groups in total. The molecule has 1 amide bonds. The summed E-state index contributed by atoms with van der Waals surface area (Å²) in [5.41, 5.74) is 6.04. The first-order valence-corrected chi connectivity index (χ1v) is 4.35. The quantitative estimate of drug-likeness (QED) is 0.555. The first-order chi connectivity index (χ1) is 5.61. The van der Waals surface area contributed by atoms with E-state index in [0.717, 1.165) is 19.3 Å². The fourth-order valence-electron chi connectivity index (χ4n) is 2.44. The molecule has 2 aliphatic rings. The van der Waals surface area contributed by atoms with E-state index in [9.17, 15) is 4.79 Å². The van der Waals surface area contributed by atoms with E-state index in [1.807, 2.05) is 0 Å². The van der Waals surface area contributed by atoms with Crippen molar-refractivity contribution in [1.82, 2.24) is 4.90 Å². The number of rotatable bonds is 0. The number of carboxylic acid groups (broad SMARTS) is 1. The van der Waals surface area contributed by atoms with Crippen LogP contribution in [0.4, 0.5) is 4.79 Å². The third-order valence-electron chi connectivity index (χ3n) is 3.06. The molecule has 2 fully saturated rings. The summed E-state index contributed by atoms with van der Waals surface area (Å²) in [6.45, 7) is 1.41. The van der Waals surface area contributed by atoms with Gasteiger partial charge in [0.15, 0.2) is 0 Å². The summed E-state index contributed by atoms with van der Waals surface area (Å²) in [5.74, 6) is 0. The maximum atomic E-state index is 10.5. The second-order valence-electron chi connectivity index (χ2n) is 4.14. The molecule has 4 nitrogen and oxygen atoms in total. The molecule has 0 aromatic heterocycles. The van der Waals surface area contributed by atoms with Gasteiger partial charge in [0.05, 0.1) is 0 Å². The monoisotopic (exact) mass is 170 g/mol. The van der Waals surface area contributed by atoms with Crippen molar-refractivity contribution in [3.63, 3.8) is 0 Å². The van der Waals surface area contributed by atoms with Crippen molar-refractivity contribution < 1.29 is 9.90 Å². The van der Waals surface area contributed by atoms with Crippen LogP contribution in [0.25, 0.3) is 0 Å². The summed E-state index contributed by atoms with van der Waals surface area (Å²) in [4.78, 5) is 12.0. The molecule has 1 heterocycles. The molecule has 0 aromatic rings. The maximum absolute atomic E-state index is 10.5. The van der Waals surface area contributed by atoms with Crippen LogP contribution in [0.1, 0.15) is 19.3 Å². The van der Waals surface area contributed by atoms with Gasteiger partial charge in [0.1, 0.15) is 0 Å². The Kier molecular flexibility index (Phi) is 1.54. The molecule has 68 valence electrons. The Hall–Kier alpha value is -0.770. The normalized spacial score (nSPS) is 32.1. The van der Waals surface area contributed by atoms with Gasteiger partial charge in [0.2, 0.25) is 0 Å². The summed E-state index contributed by atoms with van der Waals surface area (Å²) < 4.78 is 0. The molecule has 0 bridgehead atoms. The van der Waals surface area contributed by atoms with Crippen LogP contribution in [0, 0.1) is 5.41 Å². The van der Waals surface area contributed by atoms with Crippen molar-refractivity contribution in [2.45, 2.75) is 25.3 Å². The third kappa shape index (κ3) is 1.06. The zero-order valence-corrected chi connectivity index (χ0v) is 6.99. The van der Waals surface area contributed by atoms with Gasteiger partial charge < -0.3 is 15.7 Å². The van der Waals surface area contributed by atoms with Gasteiger partial charge in [-0.15, -0.1) is 0 Å². The first-order valence-electron chi connectivity index (χ1n) is 4.35. The molecule has 1 aliphatic carbocycles. The van der Waals surface area contributed by atoms with E-state index in [0.29, 0.717) is 19.1 Å². The van der Waals surface area contributed by atoms with Crippen LogP contribution in [-0.4, -0.2) is 35.2 Å². The van der Waals surface area contributed by atoms with Gasteiger partial charge in [-0.1, -0.05) is 0 Å². The topological polar surface area (TPSA) is 66.6 Å². The molecule has 1 atom stereocenters. The highest BCUT2D eigenvalue weighted by molar-refractivity contribution is 5.66. The Labute approximate surface area is 71.3 Å². The Morgan fingerprint density at radius 2 is 2.25 bits per heavy atom. The van der Waals surface area contributed by atoms with Gasteiger partial charge in [-0.2, -0.15) is 0 Å². The Morgan fingerprint density at radius 1 is 1.58 bits per heavy atom. The highest BCUT2D eigenvalue weighted by atomic mass is 16.4. The van der Waals surface area contributed by atoms with Crippen LogP contribution in [0.5, 0.6) is 0 Å². The van der Waals surface area contributed by atoms with Gasteiger partial charge in [0, 0.05) is 24.5 Å². The predicted molar refractivity (Wildman–Crippen MR) is 43.9 cm³/mol. The van der Waals surface area contributed by atoms with Crippen LogP contribution in [0.15, 0.2) is 0 Å². The number of nitrogens with zero attached hydrogens (tertiary/aromatic N) is 1. The lowest BCUT2D eigenvalue weighted by molar-refractivity contribution is 0.0143. The lowest BCUT2D eigenvalue weighted by Gasteiger charge is -2.46. The van der Waals surface area contributed by atoms with Crippen molar-refractivity contribution in [1.29, 1.82) is 0 Å². The zero-order valence-electron chi connectivity index (χ0n) is 6.99. The second-order valence-corrected chi connectivity index (χ2v) is 4.14. The SMILES string of the molecule is NC1CCC2(C1)CN(C(=O)O)C2. The van der Waals surface area contributed by atoms with Crippen molar-refractivity contribution >= 4 is 6.09 Å². The van der Waals surface area contributed by atoms with E-state index in [4.69, 9.17) is 10.8 Å². The van der Waals surface area contributed by atoms with Crippen LogP contribution >= 0.6 is 0 Å². The average molecular weight is 170 g/mol. The molecule has 1 unspecified atom stereocenters. The number of nitrogens with two attached hydrogens (primary N) is 1. The van der Waals surface area contributed by atoms with E-state index in [-0.39, 0.29) is 5.41 Å². The predicted octanol–water partition coefficient (Wildman–Crippen LogP) is 0.478. The summed E-state index contributed by atoms with van der Waals surface area (Å²) in [6.07, 6.45) is 2.39. The van der Waals surface area contributed by atoms with Gasteiger partial charge in [-0.25, -0.2) is 4.79 Å². The molecular formula is C8H14N2O2. The molecule has 1 saturated heterocycles. The minimum absolute atomic E-state index is 0.262. The molecule has 0 radical (unpaired) electrons. The third-order valence-corrected chi connectivity index (χ3v) is 3.06. The average Bonchev–Trinajstić information content (AvgIpc) is 2.27. The highest BCUT2D eigenvalue weighted by Gasteiger charge is 2.48. The van der Waals surface area contributed by atoms with Crippen LogP contribution in [0.2, 0.25) is 0 Å². The molecular weight excluding hydrogens is 156 g/mol. The number of likely N-dealkylation sites (tertiary alicyclic amines) is 1. The number of hydrogen-bond acceptors (Lipinski definition) is 2. The maximum Gasteiger partial charge on any atom is 0.407 e. The van der Waals surface area contributed by atoms with Crippen LogP contribution in [-0.2, 0) is 0 Å². The molecule has 0 aromatic carbocycles. The number of hydrogen-bond donors (Lipinski definition) is 2. The highest BCUT2D eigenvalue weighted by Crippen LogP contribution is 2.44. The zero-order chi connectivity index (χ0) is 8.77. The lowest BCUT2D eigenvalue weighted by atomic mass is 9.78. The molecule has 1 aliphatic heterocycles. The summed E-state index contributed by atoms with van der Waals surface area (Å²) in [6, 6.07) is 0.306. The van der Waals surface area contributed by atoms with Gasteiger partial charge in [-0.3, -0.25) is 0 Å². The minimum Gasteiger partial charge on any atom is -0.465 e. The number of carbonyl (C=O) groups is 1. The summed E-state index contributed by atoms with van der Waals surface area (Å²) in [7, 11) is 0. The van der Waals surface area contributed by atoms with E-state index in [1.54, 1.807) is 0 Å². The first kappa shape index (κ1) is 7.86. The molecule has 1 spiro atoms. The summed E-state index contributed by atoms with van der Waals surface area (Å²) in [5, 5.41) is 8.64. The second kappa shape index (κ2) is 2.36. The van der Waals surface area contributed by atoms with Gasteiger partial charge in [0.25, 0.3) is 0 Å². The molecule has 12 heavy (non-hydrogen) atoms. The van der Waals surface area contributed by atoms with Crippen LogP contribution in [0.3, 0.4) is 0 Å². The van der Waals surface area contributed by atoms with Gasteiger partial charge in [-0.05, 0) is 19.3 Å². The number of amides is 1. The largest absolute Gasteiger partial charge is 0.465 e. The van der Waals surface area contributed by atoms with Crippen molar-refractivity contribution in [3.8, 4) is 0 Å². The van der Waals surface area contributed by atoms with E-state index < -0.39 is 6.09 Å². The Balaban J connectivity index is 1.91. The smallest absolute Gasteiger partial charge is 0.407 e. The lowest BCUT2D eigenvalue weighted by Crippen LogP contribution is -2.57. The Bertz CT molecular complexity index is 211. The van der Waals surface area contributed by atoms with E-state index in [1.165, 1.54) is 4.90 Å². The van der Waals surface area contributed by atoms with Crippen LogP contribution < -0.4 is 5.73 Å². The van der Waals surface area contributed by atoms with Crippen molar-refractivity contribution in [3.05, 3.63) is 0 Å². The van der Waals surface area contributed by atoms with Gasteiger partial charge >= 0.3 is 6.09 Å². The van der Waals surface area contributed by atoms with E-state index in [2.05, 4.69) is 0 Å². The fourth-order valence-corrected chi connectivity index (χ4v) is 2.44. The Morgan fingerprint density at radius 3 is 2.67 bits per heavy atom. The van der Waals surface area contributed by atoms with Crippen molar-refractivity contribution in [2.75, 3.05) is 13.1 Å². The molecule has 4 heteroatoms.